The van der Waals surface area contributed by atoms with E-state index in [2.05, 4.69) is 206 Å². The minimum atomic E-state index is -1.82. The van der Waals surface area contributed by atoms with E-state index in [-0.39, 0.29) is 46.5 Å². The van der Waals surface area contributed by atoms with Crippen molar-refractivity contribution >= 4 is 18.4 Å². The van der Waals surface area contributed by atoms with Gasteiger partial charge in [-0.2, -0.15) is 0 Å². The average molecular weight is 1060 g/mol. The van der Waals surface area contributed by atoms with Crippen molar-refractivity contribution in [1.29, 1.82) is 0 Å². The van der Waals surface area contributed by atoms with Gasteiger partial charge in [-0.1, -0.05) is 0 Å². The summed E-state index contributed by atoms with van der Waals surface area (Å²) in [6.07, 6.45) is 19.1. The Morgan fingerprint density at radius 3 is 1.02 bits per heavy atom. The molecule has 8 rings (SSSR count). The van der Waals surface area contributed by atoms with Crippen LogP contribution in [-0.4, -0.2) is 11.8 Å². The summed E-state index contributed by atoms with van der Waals surface area (Å²) in [5.74, 6) is -1.44. The van der Waals surface area contributed by atoms with Crippen molar-refractivity contribution in [1.82, 2.24) is 0 Å². The van der Waals surface area contributed by atoms with Gasteiger partial charge in [0.2, 0.25) is 0 Å². The van der Waals surface area contributed by atoms with Crippen LogP contribution in [0.2, 0.25) is 26.2 Å². The molecule has 6 heteroatoms. The molecule has 0 unspecified atom stereocenters. The van der Waals surface area contributed by atoms with Crippen molar-refractivity contribution in [3.8, 4) is 22.3 Å². The molecule has 0 saturated carbocycles. The van der Waals surface area contributed by atoms with Crippen LogP contribution in [-0.2, 0) is 76.3 Å². The first-order valence-electron chi connectivity index (χ1n) is 23.0. The average Bonchev–Trinajstić information content (AvgIpc) is 3.97. The van der Waals surface area contributed by atoms with Crippen LogP contribution in [0.1, 0.15) is 140 Å². The Balaban J connectivity index is 0.000000227. The van der Waals surface area contributed by atoms with Crippen LogP contribution in [0.3, 0.4) is 0 Å². The summed E-state index contributed by atoms with van der Waals surface area (Å²) in [5.41, 5.74) is 19.3. The largest absolute Gasteiger partial charge is 1.00 e. The van der Waals surface area contributed by atoms with Crippen LogP contribution in [0, 0.1) is 0 Å². The van der Waals surface area contributed by atoms with Crippen LogP contribution in [0.25, 0.3) is 22.3 Å². The molecule has 0 nitrogen and oxygen atoms in total. The van der Waals surface area contributed by atoms with Crippen LogP contribution >= 0.6 is 0 Å². The molecule has 0 radical (unpaired) electrons. The predicted octanol–water partition coefficient (Wildman–Crippen LogP) is 7.86. The Kier molecular flexibility index (Phi) is 16.2. The van der Waals surface area contributed by atoms with Gasteiger partial charge in [0.1, 0.15) is 0 Å². The summed E-state index contributed by atoms with van der Waals surface area (Å²) in [5, 5.41) is 0. The molecule has 0 bridgehead atoms. The van der Waals surface area contributed by atoms with Crippen LogP contribution in [0.4, 0.5) is 0 Å². The Hall–Kier alpha value is -1.38. The van der Waals surface area contributed by atoms with Gasteiger partial charge in [0.25, 0.3) is 0 Å². The van der Waals surface area contributed by atoms with Gasteiger partial charge in [-0.05, 0) is 0 Å². The first-order valence-corrected chi connectivity index (χ1v) is 42.2. The molecule has 4 aliphatic rings. The van der Waals surface area contributed by atoms with Crippen LogP contribution < -0.4 is 31.4 Å². The second kappa shape index (κ2) is 19.5. The molecule has 0 spiro atoms. The number of hydrogen-bond acceptors (Lipinski definition) is 0. The van der Waals surface area contributed by atoms with E-state index in [4.69, 9.17) is 0 Å². The van der Waals surface area contributed by atoms with Crippen molar-refractivity contribution in [2.75, 3.05) is 0 Å². The summed E-state index contributed by atoms with van der Waals surface area (Å²) in [6, 6.07) is 25.0. The number of fused-ring (bicyclic) bond motifs is 6. The summed E-state index contributed by atoms with van der Waals surface area (Å²) < 4.78 is 7.31. The quantitative estimate of drug-likeness (QED) is 0.149. The molecular formula is C56H74Cl2Si2Zr2. The molecule has 0 heterocycles. The molecule has 0 aliphatic heterocycles. The van der Waals surface area contributed by atoms with Gasteiger partial charge in [0.05, 0.1) is 0 Å². The summed E-state index contributed by atoms with van der Waals surface area (Å²) in [7, 11) is 0. The first kappa shape index (κ1) is 51.6. The van der Waals surface area contributed by atoms with E-state index in [9.17, 15) is 0 Å². The number of hydrogen-bond donors (Lipinski definition) is 0. The maximum atomic E-state index is 2.66. The third-order valence-corrected chi connectivity index (χ3v) is 51.1. The molecule has 4 aliphatic carbocycles. The van der Waals surface area contributed by atoms with Gasteiger partial charge >= 0.3 is 387 Å². The van der Waals surface area contributed by atoms with Crippen molar-refractivity contribution in [3.05, 3.63) is 148 Å². The Morgan fingerprint density at radius 2 is 0.742 bits per heavy atom. The number of halogens is 2. The smallest absolute Gasteiger partial charge is 1.00 e. The van der Waals surface area contributed by atoms with Crippen LogP contribution in [0.5, 0.6) is 0 Å². The zero-order chi connectivity index (χ0) is 43.7. The van der Waals surface area contributed by atoms with Crippen molar-refractivity contribution in [2.45, 2.75) is 157 Å². The number of rotatable bonds is 6. The normalized spacial score (nSPS) is 14.9. The SMILES string of the molecule is C[SiH](C)[Zr+]([C]1=CC=CC1)[c]1cc(C(C)(C)C)cc2c1Cc1ccc(C(C)(C)C)cc1-2.C[SiH](C)[Zr+]([C]1=CC=CC1)[c]1cc(C(C)(C)C)cc2c1Cc1ccc(C(C)(C)C)cc1-2.[Cl-].[Cl-]. The van der Waals surface area contributed by atoms with E-state index >= 15 is 0 Å². The zero-order valence-corrected chi connectivity index (χ0v) is 49.7. The molecule has 0 saturated heterocycles. The summed E-state index contributed by atoms with van der Waals surface area (Å²) in [6.45, 7) is 38.7. The fraction of sp³-hybridized carbons (Fsp3) is 0.429. The van der Waals surface area contributed by atoms with Crippen LogP contribution in [0.15, 0.2) is 104 Å². The molecule has 4 aromatic carbocycles. The Morgan fingerprint density at radius 1 is 0.419 bits per heavy atom. The van der Waals surface area contributed by atoms with Gasteiger partial charge < -0.3 is 24.8 Å². The minimum absolute atomic E-state index is 0. The van der Waals surface area contributed by atoms with E-state index in [1.165, 1.54) is 57.3 Å². The topological polar surface area (TPSA) is 0 Å². The van der Waals surface area contributed by atoms with Gasteiger partial charge in [0.15, 0.2) is 0 Å². The van der Waals surface area contributed by atoms with E-state index < -0.39 is 53.7 Å². The fourth-order valence-corrected chi connectivity index (χ4v) is 47.2. The molecule has 0 fully saturated rings. The van der Waals surface area contributed by atoms with Crippen molar-refractivity contribution < 1.29 is 66.6 Å². The number of allylic oxidation sites excluding steroid dienone is 8. The predicted molar refractivity (Wildman–Crippen MR) is 265 cm³/mol. The maximum absolute atomic E-state index is 2.66. The Bertz CT molecular complexity index is 2270. The molecule has 62 heavy (non-hydrogen) atoms. The third kappa shape index (κ3) is 10.7. The second-order valence-electron chi connectivity index (χ2n) is 23.0. The van der Waals surface area contributed by atoms with Crippen molar-refractivity contribution in [2.24, 2.45) is 0 Å². The van der Waals surface area contributed by atoms with E-state index in [1.807, 2.05) is 13.1 Å². The monoisotopic (exact) mass is 1050 g/mol. The molecular weight excluding hydrogens is 982 g/mol. The molecule has 4 aromatic rings. The zero-order valence-electron chi connectivity index (χ0n) is 41.0. The molecule has 0 atom stereocenters. The second-order valence-corrected chi connectivity index (χ2v) is 61.3. The summed E-state index contributed by atoms with van der Waals surface area (Å²) in [4.78, 5) is 0. The van der Waals surface area contributed by atoms with Crippen molar-refractivity contribution in [3.63, 3.8) is 0 Å². The van der Waals surface area contributed by atoms with E-state index in [0.717, 1.165) is 12.8 Å². The molecule has 0 aromatic heterocycles. The van der Waals surface area contributed by atoms with Gasteiger partial charge in [-0.15, -0.1) is 0 Å². The fourth-order valence-electron chi connectivity index (χ4n) is 9.83. The van der Waals surface area contributed by atoms with Gasteiger partial charge in [-0.3, -0.25) is 0 Å². The van der Waals surface area contributed by atoms with E-state index in [0.29, 0.717) is 0 Å². The summed E-state index contributed by atoms with van der Waals surface area (Å²) >= 11 is -3.65. The number of benzene rings is 4. The van der Waals surface area contributed by atoms with Gasteiger partial charge in [-0.25, -0.2) is 0 Å². The van der Waals surface area contributed by atoms with Gasteiger partial charge in [0, 0.05) is 0 Å². The molecule has 328 valence electrons. The minimum Gasteiger partial charge on any atom is -1.00 e. The Labute approximate surface area is 408 Å². The molecule has 0 N–H and O–H groups in total. The standard InChI is InChI=1S/2C21H25.2C5H5.2C2H7Si.2ClH.2Zr/c2*1-20(2,3)16-9-7-14-11-15-8-10-17(21(4,5)6)13-19(15)18(14)12-16;2*1-2-4-5-3-1;2*1-3-2;;;;/h2*7,9-10,12-13H,11H2,1-6H3;2*1-3H,4H2;2*3H,1-2H3;2*1H;;/q;;;;;;;;2*+1/p-2. The van der Waals surface area contributed by atoms with E-state index in [1.54, 1.807) is 22.3 Å². The first-order chi connectivity index (χ1) is 27.9. The molecule has 0 amide bonds. The maximum Gasteiger partial charge on any atom is -1.00 e. The third-order valence-electron chi connectivity index (χ3n) is 13.5.